The highest BCUT2D eigenvalue weighted by Crippen LogP contribution is 2.25. The summed E-state index contributed by atoms with van der Waals surface area (Å²) in [6, 6.07) is 7.95. The van der Waals surface area contributed by atoms with Crippen LogP contribution >= 0.6 is 22.7 Å². The largest absolute Gasteiger partial charge is 0.387 e. The summed E-state index contributed by atoms with van der Waals surface area (Å²) in [5.41, 5.74) is 2.80. The van der Waals surface area contributed by atoms with Crippen molar-refractivity contribution in [2.24, 2.45) is 0 Å². The van der Waals surface area contributed by atoms with Gasteiger partial charge in [-0.3, -0.25) is 0 Å². The Balaban J connectivity index is 1.52. The van der Waals surface area contributed by atoms with E-state index in [9.17, 15) is 9.50 Å². The first-order valence-electron chi connectivity index (χ1n) is 6.83. The van der Waals surface area contributed by atoms with Crippen LogP contribution in [0.25, 0.3) is 10.6 Å². The standard InChI is InChI=1S/C16H15FN2OS2/c17-13-3-1-11(2-4-13)15(20)8-18-7-14-10-22-16(19-14)12-5-6-21-9-12/h1-6,9-10,15,18,20H,7-8H2. The fourth-order valence-corrected chi connectivity index (χ4v) is 3.58. The molecular formula is C16H15FN2OS2. The van der Waals surface area contributed by atoms with Gasteiger partial charge in [-0.15, -0.1) is 11.3 Å². The topological polar surface area (TPSA) is 45.1 Å². The smallest absolute Gasteiger partial charge is 0.124 e. The Kier molecular flexibility index (Phi) is 4.94. The molecule has 114 valence electrons. The second kappa shape index (κ2) is 7.11. The molecule has 1 unspecified atom stereocenters. The summed E-state index contributed by atoms with van der Waals surface area (Å²) in [5.74, 6) is -0.299. The summed E-state index contributed by atoms with van der Waals surface area (Å²) < 4.78 is 12.8. The monoisotopic (exact) mass is 334 g/mol. The Labute approximate surface area is 136 Å². The zero-order chi connectivity index (χ0) is 15.4. The Morgan fingerprint density at radius 2 is 2.00 bits per heavy atom. The summed E-state index contributed by atoms with van der Waals surface area (Å²) in [5, 5.41) is 20.4. The fourth-order valence-electron chi connectivity index (χ4n) is 2.05. The number of benzene rings is 1. The van der Waals surface area contributed by atoms with Gasteiger partial charge in [0, 0.05) is 29.4 Å². The lowest BCUT2D eigenvalue weighted by molar-refractivity contribution is 0.174. The van der Waals surface area contributed by atoms with Crippen LogP contribution in [0.5, 0.6) is 0 Å². The molecule has 2 heterocycles. The zero-order valence-corrected chi connectivity index (χ0v) is 13.3. The minimum Gasteiger partial charge on any atom is -0.387 e. The molecule has 0 spiro atoms. The molecule has 0 fully saturated rings. The average Bonchev–Trinajstić information content (AvgIpc) is 3.19. The summed E-state index contributed by atoms with van der Waals surface area (Å²) in [6.45, 7) is 0.996. The third-order valence-corrected chi connectivity index (χ3v) is 4.84. The van der Waals surface area contributed by atoms with Gasteiger partial charge in [0.1, 0.15) is 10.8 Å². The molecule has 0 aliphatic carbocycles. The summed E-state index contributed by atoms with van der Waals surface area (Å²) in [7, 11) is 0. The van der Waals surface area contributed by atoms with Crippen LogP contribution in [0.4, 0.5) is 4.39 Å². The SMILES string of the molecule is OC(CNCc1csc(-c2ccsc2)n1)c1ccc(F)cc1. The number of aliphatic hydroxyl groups is 1. The number of rotatable bonds is 6. The molecule has 0 aliphatic heterocycles. The number of aromatic nitrogens is 1. The number of halogens is 1. The number of hydrogen-bond donors (Lipinski definition) is 2. The van der Waals surface area contributed by atoms with Crippen molar-refractivity contribution in [3.63, 3.8) is 0 Å². The maximum atomic E-state index is 12.8. The molecule has 3 aromatic rings. The van der Waals surface area contributed by atoms with E-state index < -0.39 is 6.10 Å². The van der Waals surface area contributed by atoms with Crippen molar-refractivity contribution in [3.8, 4) is 10.6 Å². The predicted octanol–water partition coefficient (Wildman–Crippen LogP) is 3.83. The molecule has 0 amide bonds. The van der Waals surface area contributed by atoms with E-state index >= 15 is 0 Å². The lowest BCUT2D eigenvalue weighted by atomic mass is 10.1. The highest BCUT2D eigenvalue weighted by Gasteiger charge is 2.08. The number of nitrogens with one attached hydrogen (secondary N) is 1. The molecule has 6 heteroatoms. The molecular weight excluding hydrogens is 319 g/mol. The number of thiophene rings is 1. The molecule has 0 radical (unpaired) electrons. The molecule has 3 rings (SSSR count). The van der Waals surface area contributed by atoms with Crippen LogP contribution in [0.1, 0.15) is 17.4 Å². The minimum absolute atomic E-state index is 0.299. The van der Waals surface area contributed by atoms with Crippen LogP contribution in [0.3, 0.4) is 0 Å². The van der Waals surface area contributed by atoms with Gasteiger partial charge in [-0.2, -0.15) is 11.3 Å². The molecule has 22 heavy (non-hydrogen) atoms. The number of thiazole rings is 1. The summed E-state index contributed by atoms with van der Waals surface area (Å²) >= 11 is 3.27. The van der Waals surface area contributed by atoms with Crippen LogP contribution in [0, 0.1) is 5.82 Å². The predicted molar refractivity (Wildman–Crippen MR) is 88.5 cm³/mol. The Morgan fingerprint density at radius 3 is 2.73 bits per heavy atom. The second-order valence-electron chi connectivity index (χ2n) is 4.85. The third kappa shape index (κ3) is 3.78. The molecule has 1 aromatic carbocycles. The van der Waals surface area contributed by atoms with E-state index in [1.807, 2.05) is 10.8 Å². The minimum atomic E-state index is -0.657. The van der Waals surface area contributed by atoms with E-state index in [4.69, 9.17) is 0 Å². The lowest BCUT2D eigenvalue weighted by Gasteiger charge is -2.11. The third-order valence-electron chi connectivity index (χ3n) is 3.22. The van der Waals surface area contributed by atoms with Crippen LogP contribution in [-0.2, 0) is 6.54 Å². The molecule has 2 N–H and O–H groups in total. The van der Waals surface area contributed by atoms with E-state index in [-0.39, 0.29) is 5.82 Å². The van der Waals surface area contributed by atoms with Gasteiger partial charge in [0.25, 0.3) is 0 Å². The van der Waals surface area contributed by atoms with Crippen molar-refractivity contribution in [1.29, 1.82) is 0 Å². The van der Waals surface area contributed by atoms with E-state index in [1.165, 1.54) is 12.1 Å². The number of aliphatic hydroxyl groups excluding tert-OH is 1. The van der Waals surface area contributed by atoms with Crippen LogP contribution in [0.2, 0.25) is 0 Å². The van der Waals surface area contributed by atoms with Gasteiger partial charge in [-0.05, 0) is 29.1 Å². The summed E-state index contributed by atoms with van der Waals surface area (Å²) in [6.07, 6.45) is -0.657. The van der Waals surface area contributed by atoms with Crippen molar-refractivity contribution >= 4 is 22.7 Å². The molecule has 3 nitrogen and oxygen atoms in total. The van der Waals surface area contributed by atoms with Crippen LogP contribution in [-0.4, -0.2) is 16.6 Å². The van der Waals surface area contributed by atoms with E-state index in [0.717, 1.165) is 16.3 Å². The highest BCUT2D eigenvalue weighted by molar-refractivity contribution is 7.14. The first kappa shape index (κ1) is 15.3. The Morgan fingerprint density at radius 1 is 1.18 bits per heavy atom. The van der Waals surface area contributed by atoms with Crippen LogP contribution in [0.15, 0.2) is 46.5 Å². The van der Waals surface area contributed by atoms with Crippen molar-refractivity contribution in [1.82, 2.24) is 10.3 Å². The van der Waals surface area contributed by atoms with Crippen LogP contribution < -0.4 is 5.32 Å². The quantitative estimate of drug-likeness (QED) is 0.720. The molecule has 1 atom stereocenters. The molecule has 0 bridgehead atoms. The average molecular weight is 334 g/mol. The maximum absolute atomic E-state index is 12.8. The number of hydrogen-bond acceptors (Lipinski definition) is 5. The van der Waals surface area contributed by atoms with Crippen molar-refractivity contribution < 1.29 is 9.50 Å². The Hall–Kier alpha value is -1.60. The highest BCUT2D eigenvalue weighted by atomic mass is 32.1. The van der Waals surface area contributed by atoms with Gasteiger partial charge in [-0.1, -0.05) is 12.1 Å². The normalized spacial score (nSPS) is 12.5. The molecule has 2 aromatic heterocycles. The Bertz CT molecular complexity index is 710. The van der Waals surface area contributed by atoms with Crippen molar-refractivity contribution in [3.05, 3.63) is 63.5 Å². The van der Waals surface area contributed by atoms with Gasteiger partial charge < -0.3 is 10.4 Å². The van der Waals surface area contributed by atoms with E-state index in [0.29, 0.717) is 18.7 Å². The molecule has 0 saturated heterocycles. The van der Waals surface area contributed by atoms with Gasteiger partial charge >= 0.3 is 0 Å². The molecule has 0 saturated carbocycles. The van der Waals surface area contributed by atoms with Gasteiger partial charge in [0.15, 0.2) is 0 Å². The van der Waals surface area contributed by atoms with Crippen molar-refractivity contribution in [2.45, 2.75) is 12.6 Å². The zero-order valence-electron chi connectivity index (χ0n) is 11.7. The van der Waals surface area contributed by atoms with Crippen molar-refractivity contribution in [2.75, 3.05) is 6.54 Å². The molecule has 0 aliphatic rings. The fraction of sp³-hybridized carbons (Fsp3) is 0.188. The lowest BCUT2D eigenvalue weighted by Crippen LogP contribution is -2.21. The summed E-state index contributed by atoms with van der Waals surface area (Å²) in [4.78, 5) is 4.57. The number of nitrogens with zero attached hydrogens (tertiary/aromatic N) is 1. The van der Waals surface area contributed by atoms with E-state index in [1.54, 1.807) is 34.8 Å². The van der Waals surface area contributed by atoms with Gasteiger partial charge in [0.2, 0.25) is 0 Å². The first-order valence-corrected chi connectivity index (χ1v) is 8.66. The van der Waals surface area contributed by atoms with Gasteiger partial charge in [-0.25, -0.2) is 9.37 Å². The van der Waals surface area contributed by atoms with E-state index in [2.05, 4.69) is 21.7 Å². The maximum Gasteiger partial charge on any atom is 0.124 e. The van der Waals surface area contributed by atoms with Gasteiger partial charge in [0.05, 0.1) is 11.8 Å². The first-order chi connectivity index (χ1) is 10.7. The second-order valence-corrected chi connectivity index (χ2v) is 6.49.